The molecule has 1 rings (SSSR count). The van der Waals surface area contributed by atoms with Gasteiger partial charge in [-0.05, 0) is 0 Å². The Labute approximate surface area is 79.2 Å². The van der Waals surface area contributed by atoms with Crippen LogP contribution < -0.4 is 0 Å². The summed E-state index contributed by atoms with van der Waals surface area (Å²) < 4.78 is 37.2. The molecule has 1 atom stereocenters. The first-order chi connectivity index (χ1) is 6.42. The maximum atomic E-state index is 12.4. The van der Waals surface area contributed by atoms with Gasteiger partial charge in [-0.2, -0.15) is 13.2 Å². The fourth-order valence-corrected chi connectivity index (χ4v) is 1.01. The summed E-state index contributed by atoms with van der Waals surface area (Å²) in [5, 5.41) is 9.27. The van der Waals surface area contributed by atoms with E-state index in [0.29, 0.717) is 0 Å². The zero-order valence-corrected chi connectivity index (χ0v) is 7.05. The molecule has 0 aliphatic rings. The van der Waals surface area contributed by atoms with Gasteiger partial charge in [0.1, 0.15) is 0 Å². The largest absolute Gasteiger partial charge is 0.433 e. The molecule has 0 unspecified atom stereocenters. The highest BCUT2D eigenvalue weighted by Crippen LogP contribution is 2.37. The molecule has 14 heavy (non-hydrogen) atoms. The van der Waals surface area contributed by atoms with Crippen molar-refractivity contribution in [1.29, 1.82) is 0 Å². The number of aliphatic hydroxyl groups is 1. The van der Waals surface area contributed by atoms with Crippen LogP contribution in [0.1, 0.15) is 5.56 Å². The minimum absolute atomic E-state index is 0.352. The van der Waals surface area contributed by atoms with E-state index in [-0.39, 0.29) is 5.56 Å². The Bertz CT molecular complexity index is 350. The normalized spacial score (nSPS) is 15.6. The summed E-state index contributed by atoms with van der Waals surface area (Å²) in [4.78, 5) is 0. The number of halogens is 3. The second kappa shape index (κ2) is 3.35. The van der Waals surface area contributed by atoms with Crippen LogP contribution >= 0.6 is 0 Å². The van der Waals surface area contributed by atoms with E-state index in [1.807, 2.05) is 0 Å². The quantitative estimate of drug-likeness (QED) is 0.688. The molecule has 0 amide bonds. The predicted molar refractivity (Wildman–Crippen MR) is 45.2 cm³/mol. The van der Waals surface area contributed by atoms with Gasteiger partial charge in [0.2, 0.25) is 5.60 Å². The molecule has 0 aromatic heterocycles. The van der Waals surface area contributed by atoms with Crippen LogP contribution in [-0.4, -0.2) is 11.3 Å². The molecule has 0 heterocycles. The molecule has 4 heteroatoms. The van der Waals surface area contributed by atoms with Gasteiger partial charge in [0.25, 0.3) is 0 Å². The van der Waals surface area contributed by atoms with E-state index in [0.717, 1.165) is 12.1 Å². The molecule has 0 saturated carbocycles. The van der Waals surface area contributed by atoms with Gasteiger partial charge in [-0.3, -0.25) is 0 Å². The van der Waals surface area contributed by atoms with Gasteiger partial charge in [0.15, 0.2) is 0 Å². The van der Waals surface area contributed by atoms with Crippen LogP contribution in [0, 0.1) is 12.3 Å². The van der Waals surface area contributed by atoms with Crippen molar-refractivity contribution in [3.05, 3.63) is 35.9 Å². The Hall–Kier alpha value is -1.47. The van der Waals surface area contributed by atoms with E-state index in [4.69, 9.17) is 6.42 Å². The van der Waals surface area contributed by atoms with Crippen LogP contribution in [0.25, 0.3) is 0 Å². The van der Waals surface area contributed by atoms with E-state index >= 15 is 0 Å². The third-order valence-electron chi connectivity index (χ3n) is 1.81. The average Bonchev–Trinajstić information content (AvgIpc) is 2.16. The molecule has 0 aliphatic carbocycles. The van der Waals surface area contributed by atoms with E-state index in [2.05, 4.69) is 0 Å². The molecule has 0 fully saturated rings. The minimum Gasteiger partial charge on any atom is -0.366 e. The maximum Gasteiger partial charge on any atom is 0.433 e. The van der Waals surface area contributed by atoms with Crippen LogP contribution in [0.4, 0.5) is 13.2 Å². The molecule has 0 bridgehead atoms. The Kier molecular flexibility index (Phi) is 2.54. The van der Waals surface area contributed by atoms with Gasteiger partial charge in [0, 0.05) is 5.56 Å². The Morgan fingerprint density at radius 3 is 2.00 bits per heavy atom. The minimum atomic E-state index is -4.87. The van der Waals surface area contributed by atoms with Gasteiger partial charge in [-0.25, -0.2) is 0 Å². The predicted octanol–water partition coefficient (Wildman–Crippen LogP) is 2.07. The first-order valence-corrected chi connectivity index (χ1v) is 3.74. The zero-order valence-electron chi connectivity index (χ0n) is 7.05. The van der Waals surface area contributed by atoms with Crippen molar-refractivity contribution in [3.8, 4) is 12.3 Å². The standard InChI is InChI=1S/C10H7F3O/c1-2-9(14,10(11,12)13)8-6-4-3-5-7-8/h1,3-7,14H/t9-/m0/s1. The fourth-order valence-electron chi connectivity index (χ4n) is 1.01. The van der Waals surface area contributed by atoms with Crippen molar-refractivity contribution in [2.75, 3.05) is 0 Å². The van der Waals surface area contributed by atoms with Gasteiger partial charge in [0.05, 0.1) is 0 Å². The lowest BCUT2D eigenvalue weighted by Gasteiger charge is -2.25. The number of hydrogen-bond acceptors (Lipinski definition) is 1. The number of hydrogen-bond donors (Lipinski definition) is 1. The van der Waals surface area contributed by atoms with Crippen molar-refractivity contribution in [1.82, 2.24) is 0 Å². The van der Waals surface area contributed by atoms with Gasteiger partial charge in [-0.15, -0.1) is 6.42 Å². The van der Waals surface area contributed by atoms with Crippen molar-refractivity contribution in [2.45, 2.75) is 11.8 Å². The molecule has 1 aromatic rings. The van der Waals surface area contributed by atoms with Crippen LogP contribution in [0.5, 0.6) is 0 Å². The fraction of sp³-hybridized carbons (Fsp3) is 0.200. The van der Waals surface area contributed by atoms with Gasteiger partial charge >= 0.3 is 6.18 Å². The molecule has 74 valence electrons. The topological polar surface area (TPSA) is 20.2 Å². The number of terminal acetylenes is 1. The van der Waals surface area contributed by atoms with E-state index in [9.17, 15) is 18.3 Å². The second-order valence-corrected chi connectivity index (χ2v) is 2.72. The molecule has 0 aliphatic heterocycles. The smallest absolute Gasteiger partial charge is 0.366 e. The Morgan fingerprint density at radius 2 is 1.64 bits per heavy atom. The summed E-state index contributed by atoms with van der Waals surface area (Å²) in [6.07, 6.45) is -0.167. The monoisotopic (exact) mass is 200 g/mol. The van der Waals surface area contributed by atoms with Crippen molar-refractivity contribution in [2.24, 2.45) is 0 Å². The SMILES string of the molecule is C#C[C@](O)(c1ccccc1)C(F)(F)F. The second-order valence-electron chi connectivity index (χ2n) is 2.72. The van der Waals surface area contributed by atoms with Crippen molar-refractivity contribution >= 4 is 0 Å². The summed E-state index contributed by atoms with van der Waals surface area (Å²) in [5.41, 5.74) is -3.55. The summed E-state index contributed by atoms with van der Waals surface area (Å²) in [7, 11) is 0. The van der Waals surface area contributed by atoms with Crippen LogP contribution in [0.3, 0.4) is 0 Å². The Morgan fingerprint density at radius 1 is 1.14 bits per heavy atom. The van der Waals surface area contributed by atoms with Gasteiger partial charge in [-0.1, -0.05) is 36.3 Å². The number of alkyl halides is 3. The van der Waals surface area contributed by atoms with E-state index in [1.165, 1.54) is 24.1 Å². The van der Waals surface area contributed by atoms with Crippen LogP contribution in [0.15, 0.2) is 30.3 Å². The molecule has 0 spiro atoms. The first-order valence-electron chi connectivity index (χ1n) is 3.74. The lowest BCUT2D eigenvalue weighted by Crippen LogP contribution is -2.40. The Balaban J connectivity index is 3.25. The molecular formula is C10H7F3O. The lowest BCUT2D eigenvalue weighted by molar-refractivity contribution is -0.240. The van der Waals surface area contributed by atoms with E-state index in [1.54, 1.807) is 0 Å². The highest BCUT2D eigenvalue weighted by Gasteiger charge is 2.54. The highest BCUT2D eigenvalue weighted by atomic mass is 19.4. The molecule has 1 nitrogen and oxygen atoms in total. The zero-order chi connectivity index (χ0) is 10.8. The molecule has 0 saturated heterocycles. The molecule has 1 N–H and O–H groups in total. The summed E-state index contributed by atoms with van der Waals surface area (Å²) >= 11 is 0. The lowest BCUT2D eigenvalue weighted by atomic mass is 9.94. The summed E-state index contributed by atoms with van der Waals surface area (Å²) in [6.45, 7) is 0. The van der Waals surface area contributed by atoms with Crippen molar-refractivity contribution < 1.29 is 18.3 Å². The highest BCUT2D eigenvalue weighted by molar-refractivity contribution is 5.32. The van der Waals surface area contributed by atoms with E-state index < -0.39 is 11.8 Å². The maximum absolute atomic E-state index is 12.4. The van der Waals surface area contributed by atoms with Crippen molar-refractivity contribution in [3.63, 3.8) is 0 Å². The molecule has 0 radical (unpaired) electrons. The molecular weight excluding hydrogens is 193 g/mol. The average molecular weight is 200 g/mol. The number of rotatable bonds is 1. The first kappa shape index (κ1) is 10.6. The summed E-state index contributed by atoms with van der Waals surface area (Å²) in [5.74, 6) is 1.37. The van der Waals surface area contributed by atoms with Crippen LogP contribution in [0.2, 0.25) is 0 Å². The molecule has 1 aromatic carbocycles. The summed E-state index contributed by atoms with van der Waals surface area (Å²) in [6, 6.07) is 6.56. The van der Waals surface area contributed by atoms with Gasteiger partial charge < -0.3 is 5.11 Å². The van der Waals surface area contributed by atoms with Crippen LogP contribution in [-0.2, 0) is 5.60 Å². The third-order valence-corrected chi connectivity index (χ3v) is 1.81. The third kappa shape index (κ3) is 1.59. The number of benzene rings is 1.